The monoisotopic (exact) mass is 289 g/mol. The van der Waals surface area contributed by atoms with E-state index in [1.54, 1.807) is 12.4 Å². The molecule has 5 rings (SSSR count). The van der Waals surface area contributed by atoms with Gasteiger partial charge in [-0.1, -0.05) is 24.3 Å². The highest BCUT2D eigenvalue weighted by molar-refractivity contribution is 7.26. The third-order valence-corrected chi connectivity index (χ3v) is 5.32. The molecule has 0 spiro atoms. The number of rotatable bonds is 0. The molecule has 3 heterocycles. The lowest BCUT2D eigenvalue weighted by atomic mass is 10.1. The van der Waals surface area contributed by atoms with Crippen molar-refractivity contribution in [2.45, 2.75) is 0 Å². The molecule has 0 saturated heterocycles. The van der Waals surface area contributed by atoms with Crippen molar-refractivity contribution in [2.75, 3.05) is 0 Å². The molecular formula is C17H11N3S. The Labute approximate surface area is 124 Å². The molecule has 0 bridgehead atoms. The van der Waals surface area contributed by atoms with Crippen molar-refractivity contribution in [3.8, 4) is 0 Å². The molecule has 0 unspecified atom stereocenters. The van der Waals surface area contributed by atoms with Gasteiger partial charge in [-0.2, -0.15) is 0 Å². The van der Waals surface area contributed by atoms with Crippen LogP contribution in [0.5, 0.6) is 0 Å². The number of benzene rings is 2. The number of hydrogen-bond acceptors (Lipinski definition) is 3. The van der Waals surface area contributed by atoms with Gasteiger partial charge in [0.25, 0.3) is 0 Å². The second kappa shape index (κ2) is 3.80. The van der Waals surface area contributed by atoms with E-state index >= 15 is 0 Å². The lowest BCUT2D eigenvalue weighted by Gasteiger charge is -1.97. The Morgan fingerprint density at radius 1 is 0.952 bits per heavy atom. The summed E-state index contributed by atoms with van der Waals surface area (Å²) in [5.74, 6) is 0. The second-order valence-corrected chi connectivity index (χ2v) is 6.27. The van der Waals surface area contributed by atoms with E-state index in [2.05, 4.69) is 58.0 Å². The van der Waals surface area contributed by atoms with Crippen LogP contribution in [-0.4, -0.2) is 14.5 Å². The summed E-state index contributed by atoms with van der Waals surface area (Å²) < 4.78 is 4.75. The normalized spacial score (nSPS) is 12.0. The van der Waals surface area contributed by atoms with E-state index < -0.39 is 0 Å². The third kappa shape index (κ3) is 1.33. The first kappa shape index (κ1) is 11.2. The van der Waals surface area contributed by atoms with Crippen molar-refractivity contribution < 1.29 is 0 Å². The maximum Gasteiger partial charge on any atom is 0.159 e. The van der Waals surface area contributed by atoms with Crippen molar-refractivity contribution in [3.05, 3.63) is 48.8 Å². The van der Waals surface area contributed by atoms with Crippen LogP contribution in [0.15, 0.2) is 48.8 Å². The Kier molecular flexibility index (Phi) is 2.03. The summed E-state index contributed by atoms with van der Waals surface area (Å²) in [6.45, 7) is 0. The molecule has 4 heteroatoms. The van der Waals surface area contributed by atoms with Crippen LogP contribution in [0.2, 0.25) is 0 Å². The van der Waals surface area contributed by atoms with Crippen molar-refractivity contribution in [1.82, 2.24) is 14.5 Å². The standard InChI is InChI=1S/C17H11N3S/c1-20-12-7-6-11-10-4-2-3-5-13(10)21-16(11)14(12)15-17(20)19-9-8-18-15/h2-9H,1H3. The summed E-state index contributed by atoms with van der Waals surface area (Å²) in [4.78, 5) is 9.06. The van der Waals surface area contributed by atoms with Crippen LogP contribution < -0.4 is 0 Å². The molecule has 2 aromatic carbocycles. The lowest BCUT2D eigenvalue weighted by Crippen LogP contribution is -1.88. The van der Waals surface area contributed by atoms with E-state index in [-0.39, 0.29) is 0 Å². The molecule has 0 N–H and O–H groups in total. The minimum Gasteiger partial charge on any atom is -0.327 e. The fourth-order valence-corrected chi connectivity index (χ4v) is 4.40. The van der Waals surface area contributed by atoms with Gasteiger partial charge in [0, 0.05) is 45.0 Å². The predicted octanol–water partition coefficient (Wildman–Crippen LogP) is 4.49. The average Bonchev–Trinajstić information content (AvgIpc) is 3.04. The van der Waals surface area contributed by atoms with Crippen LogP contribution in [0.25, 0.3) is 42.2 Å². The Morgan fingerprint density at radius 3 is 2.76 bits per heavy atom. The largest absolute Gasteiger partial charge is 0.327 e. The number of nitrogens with zero attached hydrogens (tertiary/aromatic N) is 3. The fourth-order valence-electron chi connectivity index (χ4n) is 3.15. The number of hydrogen-bond donors (Lipinski definition) is 0. The highest BCUT2D eigenvalue weighted by atomic mass is 32.1. The topological polar surface area (TPSA) is 30.7 Å². The molecule has 0 aliphatic carbocycles. The summed E-state index contributed by atoms with van der Waals surface area (Å²) in [6, 6.07) is 13.0. The van der Waals surface area contributed by atoms with Crippen LogP contribution >= 0.6 is 11.3 Å². The highest BCUT2D eigenvalue weighted by Gasteiger charge is 2.15. The maximum atomic E-state index is 4.57. The third-order valence-electron chi connectivity index (χ3n) is 4.12. The van der Waals surface area contributed by atoms with Gasteiger partial charge in [0.05, 0.1) is 5.52 Å². The molecule has 0 aliphatic heterocycles. The zero-order valence-corrected chi connectivity index (χ0v) is 12.2. The summed E-state index contributed by atoms with van der Waals surface area (Å²) in [6.07, 6.45) is 3.53. The molecule has 3 nitrogen and oxygen atoms in total. The summed E-state index contributed by atoms with van der Waals surface area (Å²) >= 11 is 1.84. The smallest absolute Gasteiger partial charge is 0.159 e. The van der Waals surface area contributed by atoms with Crippen LogP contribution in [0.3, 0.4) is 0 Å². The number of fused-ring (bicyclic) bond motifs is 7. The predicted molar refractivity (Wildman–Crippen MR) is 88.9 cm³/mol. The molecule has 0 aliphatic rings. The summed E-state index contributed by atoms with van der Waals surface area (Å²) in [5, 5.41) is 3.85. The van der Waals surface area contributed by atoms with Crippen molar-refractivity contribution in [3.63, 3.8) is 0 Å². The van der Waals surface area contributed by atoms with Crippen LogP contribution in [0, 0.1) is 0 Å². The zero-order valence-electron chi connectivity index (χ0n) is 11.4. The van der Waals surface area contributed by atoms with E-state index in [1.165, 1.54) is 31.1 Å². The van der Waals surface area contributed by atoms with E-state index in [1.807, 2.05) is 11.3 Å². The first-order valence-electron chi connectivity index (χ1n) is 6.84. The molecule has 0 radical (unpaired) electrons. The molecule has 0 fully saturated rings. The van der Waals surface area contributed by atoms with Crippen LogP contribution in [0.4, 0.5) is 0 Å². The van der Waals surface area contributed by atoms with E-state index in [4.69, 9.17) is 0 Å². The van der Waals surface area contributed by atoms with Gasteiger partial charge < -0.3 is 4.57 Å². The molecule has 3 aromatic heterocycles. The van der Waals surface area contributed by atoms with Crippen molar-refractivity contribution in [2.24, 2.45) is 7.05 Å². The lowest BCUT2D eigenvalue weighted by molar-refractivity contribution is 0.986. The number of aromatic nitrogens is 3. The summed E-state index contributed by atoms with van der Waals surface area (Å²) in [7, 11) is 2.05. The van der Waals surface area contributed by atoms with Gasteiger partial charge in [-0.3, -0.25) is 4.98 Å². The molecule has 0 saturated carbocycles. The van der Waals surface area contributed by atoms with Crippen molar-refractivity contribution in [1.29, 1.82) is 0 Å². The average molecular weight is 289 g/mol. The van der Waals surface area contributed by atoms with Gasteiger partial charge in [0.2, 0.25) is 0 Å². The Bertz CT molecular complexity index is 1150. The molecule has 21 heavy (non-hydrogen) atoms. The molecule has 5 aromatic rings. The van der Waals surface area contributed by atoms with Crippen LogP contribution in [0.1, 0.15) is 0 Å². The van der Waals surface area contributed by atoms with E-state index in [0.29, 0.717) is 0 Å². The van der Waals surface area contributed by atoms with Gasteiger partial charge in [0.15, 0.2) is 5.65 Å². The first-order valence-corrected chi connectivity index (χ1v) is 7.65. The number of aryl methyl sites for hydroxylation is 1. The van der Waals surface area contributed by atoms with Gasteiger partial charge in [-0.05, 0) is 12.1 Å². The van der Waals surface area contributed by atoms with Gasteiger partial charge in [-0.15, -0.1) is 11.3 Å². The Morgan fingerprint density at radius 2 is 1.81 bits per heavy atom. The maximum absolute atomic E-state index is 4.57. The van der Waals surface area contributed by atoms with Gasteiger partial charge in [0.1, 0.15) is 5.52 Å². The second-order valence-electron chi connectivity index (χ2n) is 5.22. The molecular weight excluding hydrogens is 278 g/mol. The van der Waals surface area contributed by atoms with Gasteiger partial charge >= 0.3 is 0 Å². The van der Waals surface area contributed by atoms with Crippen molar-refractivity contribution >= 4 is 53.6 Å². The quantitative estimate of drug-likeness (QED) is 0.420. The molecule has 0 atom stereocenters. The fraction of sp³-hybridized carbons (Fsp3) is 0.0588. The summed E-state index contributed by atoms with van der Waals surface area (Å²) in [5.41, 5.74) is 3.12. The minimum atomic E-state index is 0.942. The van der Waals surface area contributed by atoms with E-state index in [9.17, 15) is 0 Å². The molecule has 100 valence electrons. The SMILES string of the molecule is Cn1c2ccc3c4ccccc4sc3c2c2nccnc21. The van der Waals surface area contributed by atoms with E-state index in [0.717, 1.165) is 11.2 Å². The van der Waals surface area contributed by atoms with Crippen LogP contribution in [-0.2, 0) is 7.05 Å². The number of thiophene rings is 1. The van der Waals surface area contributed by atoms with Gasteiger partial charge in [-0.25, -0.2) is 4.98 Å². The minimum absolute atomic E-state index is 0.942. The zero-order chi connectivity index (χ0) is 14.0. The Balaban J connectivity index is 2.16. The first-order chi connectivity index (χ1) is 10.3. The Hall–Kier alpha value is -2.46. The highest BCUT2D eigenvalue weighted by Crippen LogP contribution is 2.40. The molecule has 0 amide bonds.